The van der Waals surface area contributed by atoms with E-state index in [1.54, 1.807) is 0 Å². The molecule has 0 saturated heterocycles. The van der Waals surface area contributed by atoms with Gasteiger partial charge in [-0.3, -0.25) is 0 Å². The average molecular weight is 792 g/mol. The van der Waals surface area contributed by atoms with Crippen LogP contribution in [0.15, 0.2) is 170 Å². The molecule has 0 bridgehead atoms. The second-order valence-corrected chi connectivity index (χ2v) is 13.9. The van der Waals surface area contributed by atoms with Crippen LogP contribution in [0.5, 0.6) is 0 Å². The fourth-order valence-corrected chi connectivity index (χ4v) is 7.56. The molecular weight excluding hydrogens is 744 g/mol. The molecule has 0 atom stereocenters. The summed E-state index contributed by atoms with van der Waals surface area (Å²) in [6.45, 7) is 9.79. The van der Waals surface area contributed by atoms with Crippen LogP contribution in [-0.2, 0) is 36.2 Å². The molecule has 0 aliphatic rings. The Hall–Kier alpha value is -4.62. The van der Waals surface area contributed by atoms with Crippen molar-refractivity contribution in [3.8, 4) is 22.3 Å². The van der Waals surface area contributed by atoms with Crippen molar-refractivity contribution in [1.29, 1.82) is 0 Å². The Morgan fingerprint density at radius 2 is 1.02 bits per heavy atom. The van der Waals surface area contributed by atoms with E-state index < -0.39 is 0 Å². The van der Waals surface area contributed by atoms with E-state index in [1.165, 1.54) is 111 Å². The van der Waals surface area contributed by atoms with Crippen LogP contribution in [0.2, 0.25) is 0 Å². The van der Waals surface area contributed by atoms with Crippen molar-refractivity contribution in [2.75, 3.05) is 0 Å². The zero-order valence-electron chi connectivity index (χ0n) is 32.2. The van der Waals surface area contributed by atoms with Crippen molar-refractivity contribution in [1.82, 2.24) is 0 Å². The van der Waals surface area contributed by atoms with Gasteiger partial charge in [-0.15, -0.1) is 68.6 Å². The van der Waals surface area contributed by atoms with Crippen LogP contribution in [0.3, 0.4) is 0 Å². The first kappa shape index (κ1) is 40.6. The van der Waals surface area contributed by atoms with Gasteiger partial charge in [0.25, 0.3) is 0 Å². The summed E-state index contributed by atoms with van der Waals surface area (Å²) in [6, 6.07) is 61.9. The van der Waals surface area contributed by atoms with E-state index in [0.717, 1.165) is 12.8 Å². The van der Waals surface area contributed by atoms with E-state index in [0.29, 0.717) is 5.92 Å². The summed E-state index contributed by atoms with van der Waals surface area (Å²) in [7, 11) is 0. The Kier molecular flexibility index (Phi) is 14.0. The number of rotatable bonds is 6. The molecule has 0 nitrogen and oxygen atoms in total. The molecule has 2 heteroatoms. The molecule has 0 saturated carbocycles. The maximum atomic E-state index is 3.06. The van der Waals surface area contributed by atoms with Crippen LogP contribution in [0, 0.1) is 21.8 Å². The summed E-state index contributed by atoms with van der Waals surface area (Å²) >= 11 is 1.36. The monoisotopic (exact) mass is 790 g/mol. The standard InChI is InChI=1S/C28H23.C22H19.2CH3.Si.Zr/c1-20-14-17-26(25-13-7-11-23-10-5-6-12-24(23)25)28-19-22(18-27(20)28)16-15-21-8-3-2-4-9-21;1-15(2)18-13-17-9-6-12-21(22(17)14-18)20-11-5-8-16-7-3-4-10-19(16)20;;;;/h2-14,17-19H,15-16H2,1H3;3-15H,1-2H3;2*1H3;;/q4*-1;;. The topological polar surface area (TPSA) is 0 Å². The van der Waals surface area contributed by atoms with Crippen LogP contribution in [-0.4, -0.2) is 6.88 Å². The summed E-state index contributed by atoms with van der Waals surface area (Å²) in [5, 5.41) is 10.7. The predicted octanol–water partition coefficient (Wildman–Crippen LogP) is 14.5. The van der Waals surface area contributed by atoms with Crippen molar-refractivity contribution >= 4 is 50.0 Å². The molecule has 0 heterocycles. The third-order valence-electron chi connectivity index (χ3n) is 10.3. The first-order valence-electron chi connectivity index (χ1n) is 18.2. The van der Waals surface area contributed by atoms with Crippen LogP contribution in [0.4, 0.5) is 0 Å². The maximum absolute atomic E-state index is 3.06. The summed E-state index contributed by atoms with van der Waals surface area (Å²) in [5.41, 5.74) is 10.9. The first-order valence-corrected chi connectivity index (χ1v) is 22.4. The van der Waals surface area contributed by atoms with Gasteiger partial charge in [0.1, 0.15) is 0 Å². The molecule has 9 rings (SSSR count). The average Bonchev–Trinajstić information content (AvgIpc) is 3.85. The Morgan fingerprint density at radius 3 is 1.63 bits per heavy atom. The van der Waals surface area contributed by atoms with Gasteiger partial charge in [0, 0.05) is 0 Å². The van der Waals surface area contributed by atoms with Gasteiger partial charge >= 0.3 is 30.2 Å². The summed E-state index contributed by atoms with van der Waals surface area (Å²) < 4.78 is 0. The van der Waals surface area contributed by atoms with Gasteiger partial charge in [-0.2, -0.15) is 12.1 Å². The zero-order chi connectivity index (χ0) is 36.0. The van der Waals surface area contributed by atoms with Crippen LogP contribution in [0.25, 0.3) is 65.3 Å². The van der Waals surface area contributed by atoms with Crippen LogP contribution >= 0.6 is 0 Å². The van der Waals surface area contributed by atoms with E-state index in [9.17, 15) is 0 Å². The Bertz CT molecular complexity index is 2590. The molecule has 268 valence electrons. The van der Waals surface area contributed by atoms with Gasteiger partial charge in [0.2, 0.25) is 0 Å². The van der Waals surface area contributed by atoms with Crippen molar-refractivity contribution < 1.29 is 23.3 Å². The van der Waals surface area contributed by atoms with Gasteiger partial charge in [-0.25, -0.2) is 0 Å². The molecular formula is C52H48SiZr-4. The molecule has 0 fully saturated rings. The molecule has 0 amide bonds. The van der Waals surface area contributed by atoms with E-state index in [-0.39, 0.29) is 14.9 Å². The van der Waals surface area contributed by atoms with E-state index in [4.69, 9.17) is 0 Å². The second-order valence-electron chi connectivity index (χ2n) is 13.9. The van der Waals surface area contributed by atoms with Crippen molar-refractivity contribution in [3.05, 3.63) is 207 Å². The summed E-state index contributed by atoms with van der Waals surface area (Å²) in [6.07, 6.45) is 2.16. The molecule has 54 heavy (non-hydrogen) atoms. The molecule has 0 aliphatic heterocycles. The minimum atomic E-state index is 0. The molecule has 0 spiro atoms. The minimum absolute atomic E-state index is 0. The van der Waals surface area contributed by atoms with Gasteiger partial charge in [0.15, 0.2) is 0 Å². The van der Waals surface area contributed by atoms with Crippen molar-refractivity contribution in [3.63, 3.8) is 0 Å². The molecule has 2 radical (unpaired) electrons. The fraction of sp³-hybridized carbons (Fsp3) is 0.115. The Balaban J connectivity index is 0.000000196. The molecule has 0 unspecified atom stereocenters. The normalized spacial score (nSPS) is 10.6. The molecule has 0 aliphatic carbocycles. The van der Waals surface area contributed by atoms with E-state index >= 15 is 0 Å². The number of hydrogen-bond acceptors (Lipinski definition) is 0. The summed E-state index contributed by atoms with van der Waals surface area (Å²) in [5.74, 6) is 0.563. The number of aryl methyl sites for hydroxylation is 3. The fourth-order valence-electron chi connectivity index (χ4n) is 7.56. The van der Waals surface area contributed by atoms with Gasteiger partial charge in [-0.05, 0) is 57.0 Å². The molecule has 9 aromatic rings. The molecule has 9 aromatic carbocycles. The van der Waals surface area contributed by atoms with Crippen molar-refractivity contribution in [2.45, 2.75) is 39.5 Å². The third-order valence-corrected chi connectivity index (χ3v) is 10.3. The van der Waals surface area contributed by atoms with E-state index in [2.05, 4.69) is 198 Å². The predicted molar refractivity (Wildman–Crippen MR) is 236 cm³/mol. The third kappa shape index (κ3) is 8.52. The van der Waals surface area contributed by atoms with Gasteiger partial charge < -0.3 is 14.9 Å². The van der Waals surface area contributed by atoms with Gasteiger partial charge in [0.05, 0.1) is 0 Å². The molecule has 0 aromatic heterocycles. The number of hydrogen-bond donors (Lipinski definition) is 0. The Morgan fingerprint density at radius 1 is 0.500 bits per heavy atom. The first-order chi connectivity index (χ1) is 25.5. The Labute approximate surface area is 339 Å². The van der Waals surface area contributed by atoms with E-state index in [1.807, 2.05) is 0 Å². The summed E-state index contributed by atoms with van der Waals surface area (Å²) in [4.78, 5) is 0. The second kappa shape index (κ2) is 18.6. The molecule has 0 N–H and O–H groups in total. The van der Waals surface area contributed by atoms with Crippen molar-refractivity contribution in [2.24, 2.45) is 0 Å². The zero-order valence-corrected chi connectivity index (χ0v) is 35.6. The SMILES string of the molecule is CC(C)c1cc2c(-c3cccc4ccccc34)cccc2[cH-]1.Cc1ccc(-c2cccc3ccccc23)c2cc(CCc3ccccc3)[cH-]c12.[CH3-].[CH3-].[Si]=[Zr]. The number of fused-ring (bicyclic) bond motifs is 4. The quantitative estimate of drug-likeness (QED) is 0.116. The van der Waals surface area contributed by atoms with Crippen LogP contribution < -0.4 is 0 Å². The number of benzene rings is 7. The van der Waals surface area contributed by atoms with Crippen LogP contribution in [0.1, 0.15) is 42.0 Å². The van der Waals surface area contributed by atoms with Gasteiger partial charge in [-0.1, -0.05) is 159 Å².